The van der Waals surface area contributed by atoms with Crippen LogP contribution in [0.1, 0.15) is 42.0 Å². The van der Waals surface area contributed by atoms with Crippen molar-refractivity contribution in [3.8, 4) is 0 Å². The van der Waals surface area contributed by atoms with Crippen LogP contribution in [0.5, 0.6) is 0 Å². The summed E-state index contributed by atoms with van der Waals surface area (Å²) in [4.78, 5) is 11.3. The van der Waals surface area contributed by atoms with Gasteiger partial charge in [0, 0.05) is 11.4 Å². The van der Waals surface area contributed by atoms with Crippen molar-refractivity contribution in [2.45, 2.75) is 32.2 Å². The number of anilines is 2. The Morgan fingerprint density at radius 3 is 2.74 bits per heavy atom. The summed E-state index contributed by atoms with van der Waals surface area (Å²) in [5.74, 6) is 0.138. The number of hydrogen-bond donors (Lipinski definition) is 3. The van der Waals surface area contributed by atoms with Crippen LogP contribution >= 0.6 is 0 Å². The highest BCUT2D eigenvalue weighted by molar-refractivity contribution is 5.92. The molecule has 0 saturated heterocycles. The first kappa shape index (κ1) is 15.6. The SMILES string of the molecule is Cc1cccc2c1C(C)CC2Nc1cccc(NC(=O)CO)c1. The van der Waals surface area contributed by atoms with Gasteiger partial charge in [-0.15, -0.1) is 0 Å². The highest BCUT2D eigenvalue weighted by Crippen LogP contribution is 2.43. The molecule has 23 heavy (non-hydrogen) atoms. The topological polar surface area (TPSA) is 61.4 Å². The summed E-state index contributed by atoms with van der Waals surface area (Å²) in [5, 5.41) is 15.1. The zero-order valence-electron chi connectivity index (χ0n) is 13.5. The Bertz CT molecular complexity index is 727. The van der Waals surface area contributed by atoms with Crippen molar-refractivity contribution < 1.29 is 9.90 Å². The quantitative estimate of drug-likeness (QED) is 0.809. The van der Waals surface area contributed by atoms with E-state index in [-0.39, 0.29) is 6.04 Å². The molecule has 0 aliphatic heterocycles. The van der Waals surface area contributed by atoms with Gasteiger partial charge in [-0.25, -0.2) is 0 Å². The molecule has 4 heteroatoms. The van der Waals surface area contributed by atoms with Crippen LogP contribution in [0.3, 0.4) is 0 Å². The fraction of sp³-hybridized carbons (Fsp3) is 0.316. The lowest BCUT2D eigenvalue weighted by Gasteiger charge is -2.17. The Hall–Kier alpha value is -2.33. The lowest BCUT2D eigenvalue weighted by atomic mass is 9.98. The summed E-state index contributed by atoms with van der Waals surface area (Å²) >= 11 is 0. The van der Waals surface area contributed by atoms with Gasteiger partial charge in [-0.2, -0.15) is 0 Å². The molecular formula is C19H22N2O2. The van der Waals surface area contributed by atoms with Crippen LogP contribution in [0.15, 0.2) is 42.5 Å². The number of nitrogens with one attached hydrogen (secondary N) is 2. The van der Waals surface area contributed by atoms with Gasteiger partial charge in [-0.3, -0.25) is 4.79 Å². The van der Waals surface area contributed by atoms with Crippen LogP contribution in [0.2, 0.25) is 0 Å². The minimum Gasteiger partial charge on any atom is -0.387 e. The average molecular weight is 310 g/mol. The van der Waals surface area contributed by atoms with E-state index in [0.717, 1.165) is 12.1 Å². The molecule has 0 saturated carbocycles. The van der Waals surface area contributed by atoms with Gasteiger partial charge in [0.15, 0.2) is 0 Å². The third-order valence-electron chi connectivity index (χ3n) is 4.45. The Morgan fingerprint density at radius 2 is 1.96 bits per heavy atom. The minimum atomic E-state index is -0.509. The maximum Gasteiger partial charge on any atom is 0.250 e. The second-order valence-electron chi connectivity index (χ2n) is 6.20. The number of aryl methyl sites for hydroxylation is 1. The molecule has 3 N–H and O–H groups in total. The molecular weight excluding hydrogens is 288 g/mol. The fourth-order valence-corrected chi connectivity index (χ4v) is 3.50. The van der Waals surface area contributed by atoms with Crippen molar-refractivity contribution in [3.05, 3.63) is 59.2 Å². The summed E-state index contributed by atoms with van der Waals surface area (Å²) in [6, 6.07) is 14.4. The first-order chi connectivity index (χ1) is 11.1. The zero-order chi connectivity index (χ0) is 16.4. The molecule has 1 amide bonds. The van der Waals surface area contributed by atoms with E-state index in [1.807, 2.05) is 24.3 Å². The Morgan fingerprint density at radius 1 is 1.22 bits per heavy atom. The monoisotopic (exact) mass is 310 g/mol. The molecule has 1 aliphatic carbocycles. The maximum absolute atomic E-state index is 11.3. The van der Waals surface area contributed by atoms with Crippen LogP contribution in [-0.4, -0.2) is 17.6 Å². The molecule has 2 unspecified atom stereocenters. The van der Waals surface area contributed by atoms with E-state index in [1.54, 1.807) is 0 Å². The molecule has 0 fully saturated rings. The highest BCUT2D eigenvalue weighted by Gasteiger charge is 2.29. The Labute approximate surface area is 136 Å². The molecule has 3 rings (SSSR count). The van der Waals surface area contributed by atoms with Crippen LogP contribution in [0, 0.1) is 6.92 Å². The zero-order valence-corrected chi connectivity index (χ0v) is 13.5. The summed E-state index contributed by atoms with van der Waals surface area (Å²) in [7, 11) is 0. The van der Waals surface area contributed by atoms with Crippen molar-refractivity contribution in [1.82, 2.24) is 0 Å². The van der Waals surface area contributed by atoms with E-state index < -0.39 is 12.5 Å². The van der Waals surface area contributed by atoms with Crippen molar-refractivity contribution in [3.63, 3.8) is 0 Å². The number of aliphatic hydroxyl groups excluding tert-OH is 1. The van der Waals surface area contributed by atoms with E-state index in [2.05, 4.69) is 42.7 Å². The fourth-order valence-electron chi connectivity index (χ4n) is 3.50. The van der Waals surface area contributed by atoms with E-state index in [0.29, 0.717) is 11.6 Å². The van der Waals surface area contributed by atoms with Gasteiger partial charge in [-0.05, 0) is 54.2 Å². The number of hydrogen-bond acceptors (Lipinski definition) is 3. The van der Waals surface area contributed by atoms with Crippen molar-refractivity contribution >= 4 is 17.3 Å². The molecule has 0 spiro atoms. The minimum absolute atomic E-state index is 0.281. The largest absolute Gasteiger partial charge is 0.387 e. The van der Waals surface area contributed by atoms with Gasteiger partial charge in [-0.1, -0.05) is 31.2 Å². The van der Waals surface area contributed by atoms with Crippen LogP contribution < -0.4 is 10.6 Å². The Balaban J connectivity index is 1.80. The average Bonchev–Trinajstić information content (AvgIpc) is 2.85. The van der Waals surface area contributed by atoms with Gasteiger partial charge < -0.3 is 15.7 Å². The molecule has 0 heterocycles. The van der Waals surface area contributed by atoms with Gasteiger partial charge in [0.05, 0.1) is 6.04 Å². The smallest absolute Gasteiger partial charge is 0.250 e. The van der Waals surface area contributed by atoms with Crippen molar-refractivity contribution in [2.24, 2.45) is 0 Å². The number of aliphatic hydroxyl groups is 1. The molecule has 0 bridgehead atoms. The normalized spacial score (nSPS) is 19.3. The van der Waals surface area contributed by atoms with E-state index in [1.165, 1.54) is 16.7 Å². The molecule has 2 atom stereocenters. The van der Waals surface area contributed by atoms with E-state index in [4.69, 9.17) is 5.11 Å². The first-order valence-electron chi connectivity index (χ1n) is 7.95. The molecule has 4 nitrogen and oxygen atoms in total. The number of rotatable bonds is 4. The van der Waals surface area contributed by atoms with Gasteiger partial charge in [0.2, 0.25) is 5.91 Å². The van der Waals surface area contributed by atoms with Gasteiger partial charge >= 0.3 is 0 Å². The molecule has 0 aromatic heterocycles. The summed E-state index contributed by atoms with van der Waals surface area (Å²) in [6.45, 7) is 3.93. The first-order valence-corrected chi connectivity index (χ1v) is 7.95. The predicted octanol–water partition coefficient (Wildman–Crippen LogP) is 3.59. The number of benzene rings is 2. The van der Waals surface area contributed by atoms with Crippen LogP contribution in [-0.2, 0) is 4.79 Å². The van der Waals surface area contributed by atoms with Crippen LogP contribution in [0.4, 0.5) is 11.4 Å². The molecule has 2 aromatic rings. The molecule has 0 radical (unpaired) electrons. The number of fused-ring (bicyclic) bond motifs is 1. The lowest BCUT2D eigenvalue weighted by molar-refractivity contribution is -0.118. The molecule has 1 aliphatic rings. The van der Waals surface area contributed by atoms with E-state index in [9.17, 15) is 4.79 Å². The third-order valence-corrected chi connectivity index (χ3v) is 4.45. The Kier molecular flexibility index (Phi) is 4.35. The highest BCUT2D eigenvalue weighted by atomic mass is 16.3. The van der Waals surface area contributed by atoms with Crippen molar-refractivity contribution in [2.75, 3.05) is 17.2 Å². The number of amides is 1. The number of carbonyl (C=O) groups is 1. The summed E-state index contributed by atoms with van der Waals surface area (Å²) in [5.41, 5.74) is 5.82. The van der Waals surface area contributed by atoms with E-state index >= 15 is 0 Å². The second kappa shape index (κ2) is 6.42. The predicted molar refractivity (Wildman–Crippen MR) is 92.7 cm³/mol. The maximum atomic E-state index is 11.3. The van der Waals surface area contributed by atoms with Gasteiger partial charge in [0.1, 0.15) is 6.61 Å². The van der Waals surface area contributed by atoms with Crippen molar-refractivity contribution in [1.29, 1.82) is 0 Å². The summed E-state index contributed by atoms with van der Waals surface area (Å²) < 4.78 is 0. The third kappa shape index (κ3) is 3.22. The standard InChI is InChI=1S/C19H22N2O2/c1-12-5-3-8-16-17(9-13(2)19(12)16)20-14-6-4-7-15(10-14)21-18(23)11-22/h3-8,10,13,17,20,22H,9,11H2,1-2H3,(H,21,23). The molecule has 2 aromatic carbocycles. The van der Waals surface area contributed by atoms with Crippen LogP contribution in [0.25, 0.3) is 0 Å². The molecule has 120 valence electrons. The second-order valence-corrected chi connectivity index (χ2v) is 6.20. The summed E-state index contributed by atoms with van der Waals surface area (Å²) in [6.07, 6.45) is 1.06. The lowest BCUT2D eigenvalue weighted by Crippen LogP contribution is -2.15. The number of carbonyl (C=O) groups excluding carboxylic acids is 1. The van der Waals surface area contributed by atoms with Gasteiger partial charge in [0.25, 0.3) is 0 Å².